The van der Waals surface area contributed by atoms with Gasteiger partial charge in [0.25, 0.3) is 0 Å². The van der Waals surface area contributed by atoms with E-state index in [1.165, 1.54) is 0 Å². The highest BCUT2D eigenvalue weighted by atomic mass is 16.5. The summed E-state index contributed by atoms with van der Waals surface area (Å²) in [5, 5.41) is 8.25. The van der Waals surface area contributed by atoms with Gasteiger partial charge in [-0.1, -0.05) is 13.8 Å². The first-order valence-corrected chi connectivity index (χ1v) is 8.00. The molecule has 1 aromatic rings. The first kappa shape index (κ1) is 15.5. The fourth-order valence-corrected chi connectivity index (χ4v) is 2.95. The Morgan fingerprint density at radius 1 is 1.45 bits per heavy atom. The van der Waals surface area contributed by atoms with Gasteiger partial charge < -0.3 is 10.1 Å². The number of nitrogens with zero attached hydrogens (tertiary/aromatic N) is 2. The van der Waals surface area contributed by atoms with E-state index in [2.05, 4.69) is 50.4 Å². The average molecular weight is 279 g/mol. The molecule has 4 nitrogen and oxygen atoms in total. The van der Waals surface area contributed by atoms with Crippen LogP contribution in [0.4, 0.5) is 0 Å². The summed E-state index contributed by atoms with van der Waals surface area (Å²) in [5.41, 5.74) is 1.22. The molecule has 20 heavy (non-hydrogen) atoms. The van der Waals surface area contributed by atoms with E-state index in [1.807, 2.05) is 4.68 Å². The van der Waals surface area contributed by atoms with Gasteiger partial charge in [0, 0.05) is 31.4 Å². The third kappa shape index (κ3) is 3.61. The Morgan fingerprint density at radius 2 is 2.20 bits per heavy atom. The van der Waals surface area contributed by atoms with Crippen LogP contribution in [0.25, 0.3) is 0 Å². The van der Waals surface area contributed by atoms with Crippen LogP contribution >= 0.6 is 0 Å². The highest BCUT2D eigenvalue weighted by molar-refractivity contribution is 5.00. The second kappa shape index (κ2) is 6.72. The van der Waals surface area contributed by atoms with Crippen LogP contribution in [0, 0.1) is 0 Å². The van der Waals surface area contributed by atoms with E-state index in [1.54, 1.807) is 0 Å². The molecule has 2 heterocycles. The lowest BCUT2D eigenvalue weighted by Gasteiger charge is -2.40. The Balaban J connectivity index is 1.86. The molecular formula is C16H29N3O. The summed E-state index contributed by atoms with van der Waals surface area (Å²) in [5.74, 6) is 0. The van der Waals surface area contributed by atoms with E-state index >= 15 is 0 Å². The van der Waals surface area contributed by atoms with Crippen LogP contribution < -0.4 is 5.32 Å². The fraction of sp³-hybridized carbons (Fsp3) is 0.812. The molecule has 0 saturated carbocycles. The zero-order valence-electron chi connectivity index (χ0n) is 13.4. The molecule has 0 spiro atoms. The van der Waals surface area contributed by atoms with Crippen LogP contribution in [0.1, 0.15) is 65.1 Å². The fourth-order valence-electron chi connectivity index (χ4n) is 2.95. The minimum absolute atomic E-state index is 0.0905. The molecule has 2 rings (SSSR count). The molecule has 1 aliphatic rings. The van der Waals surface area contributed by atoms with Crippen molar-refractivity contribution in [2.24, 2.45) is 0 Å². The topological polar surface area (TPSA) is 39.1 Å². The van der Waals surface area contributed by atoms with E-state index in [-0.39, 0.29) is 5.60 Å². The van der Waals surface area contributed by atoms with Crippen molar-refractivity contribution in [3.05, 3.63) is 18.0 Å². The Kier molecular flexibility index (Phi) is 5.22. The summed E-state index contributed by atoms with van der Waals surface area (Å²) in [4.78, 5) is 0. The zero-order chi connectivity index (χ0) is 14.6. The maximum Gasteiger partial charge on any atom is 0.0762 e. The Morgan fingerprint density at radius 3 is 2.80 bits per heavy atom. The quantitative estimate of drug-likeness (QED) is 0.868. The van der Waals surface area contributed by atoms with Gasteiger partial charge in [-0.2, -0.15) is 5.10 Å². The van der Waals surface area contributed by atoms with E-state index in [0.717, 1.165) is 44.5 Å². The molecule has 1 N–H and O–H groups in total. The highest BCUT2D eigenvalue weighted by Gasteiger charge is 2.34. The summed E-state index contributed by atoms with van der Waals surface area (Å²) >= 11 is 0. The van der Waals surface area contributed by atoms with Gasteiger partial charge in [0.2, 0.25) is 0 Å². The molecule has 0 bridgehead atoms. The van der Waals surface area contributed by atoms with Crippen LogP contribution in [0.5, 0.6) is 0 Å². The van der Waals surface area contributed by atoms with Crippen LogP contribution in [0.2, 0.25) is 0 Å². The predicted octanol–water partition coefficient (Wildman–Crippen LogP) is 3.29. The molecule has 1 aliphatic heterocycles. The lowest BCUT2D eigenvalue weighted by molar-refractivity contribution is -0.0932. The van der Waals surface area contributed by atoms with Gasteiger partial charge in [-0.25, -0.2) is 0 Å². The maximum absolute atomic E-state index is 6.02. The molecule has 0 radical (unpaired) electrons. The van der Waals surface area contributed by atoms with Crippen molar-refractivity contribution in [1.29, 1.82) is 0 Å². The van der Waals surface area contributed by atoms with Crippen LogP contribution in [0.3, 0.4) is 0 Å². The Labute approximate surface area is 122 Å². The van der Waals surface area contributed by atoms with E-state index in [4.69, 9.17) is 4.74 Å². The van der Waals surface area contributed by atoms with Gasteiger partial charge in [-0.05, 0) is 45.6 Å². The molecule has 1 unspecified atom stereocenters. The van der Waals surface area contributed by atoms with Crippen LogP contribution in [-0.4, -0.2) is 28.0 Å². The van der Waals surface area contributed by atoms with E-state index < -0.39 is 0 Å². The van der Waals surface area contributed by atoms with E-state index in [9.17, 15) is 0 Å². The van der Waals surface area contributed by atoms with Gasteiger partial charge in [-0.15, -0.1) is 0 Å². The minimum Gasteiger partial charge on any atom is -0.375 e. The predicted molar refractivity (Wildman–Crippen MR) is 81.7 cm³/mol. The first-order chi connectivity index (χ1) is 9.58. The van der Waals surface area contributed by atoms with Crippen molar-refractivity contribution in [3.63, 3.8) is 0 Å². The largest absolute Gasteiger partial charge is 0.375 e. The molecule has 0 aliphatic carbocycles. The van der Waals surface area contributed by atoms with Crippen LogP contribution in [-0.2, 0) is 11.3 Å². The van der Waals surface area contributed by atoms with Crippen molar-refractivity contribution in [1.82, 2.24) is 15.1 Å². The molecule has 4 heteroatoms. The molecule has 1 saturated heterocycles. The van der Waals surface area contributed by atoms with Gasteiger partial charge >= 0.3 is 0 Å². The maximum atomic E-state index is 6.02. The van der Waals surface area contributed by atoms with Gasteiger partial charge in [0.05, 0.1) is 11.3 Å². The molecule has 0 amide bonds. The van der Waals surface area contributed by atoms with Crippen LogP contribution in [0.15, 0.2) is 12.3 Å². The lowest BCUT2D eigenvalue weighted by Crippen LogP contribution is -2.46. The Hall–Kier alpha value is -0.870. The summed E-state index contributed by atoms with van der Waals surface area (Å²) < 4.78 is 8.04. The average Bonchev–Trinajstić information content (AvgIpc) is 2.94. The van der Waals surface area contributed by atoms with Crippen molar-refractivity contribution >= 4 is 0 Å². The number of nitrogens with one attached hydrogen (secondary N) is 1. The number of hydrogen-bond acceptors (Lipinski definition) is 3. The van der Waals surface area contributed by atoms with Gasteiger partial charge in [-0.3, -0.25) is 4.68 Å². The monoisotopic (exact) mass is 279 g/mol. The number of hydrogen-bond donors (Lipinski definition) is 1. The number of aromatic nitrogens is 2. The second-order valence-electron chi connectivity index (χ2n) is 6.19. The summed E-state index contributed by atoms with van der Waals surface area (Å²) in [7, 11) is 0. The van der Waals surface area contributed by atoms with Gasteiger partial charge in [0.15, 0.2) is 0 Å². The third-order valence-corrected chi connectivity index (χ3v) is 4.55. The third-order valence-electron chi connectivity index (χ3n) is 4.55. The molecule has 1 aromatic heterocycles. The molecular weight excluding hydrogens is 250 g/mol. The summed E-state index contributed by atoms with van der Waals surface area (Å²) in [6.45, 7) is 10.5. The zero-order valence-corrected chi connectivity index (χ0v) is 13.4. The summed E-state index contributed by atoms with van der Waals surface area (Å²) in [6.07, 6.45) is 6.49. The first-order valence-electron chi connectivity index (χ1n) is 8.00. The minimum atomic E-state index is 0.0905. The van der Waals surface area contributed by atoms with E-state index in [0.29, 0.717) is 12.1 Å². The highest BCUT2D eigenvalue weighted by Crippen LogP contribution is 2.31. The SMILES string of the molecule is CCC1(CC)CC(NCc2ccn(C(C)C)n2)CCO1. The second-order valence-corrected chi connectivity index (χ2v) is 6.19. The van der Waals surface area contributed by atoms with Crippen molar-refractivity contribution in [2.75, 3.05) is 6.61 Å². The van der Waals surface area contributed by atoms with Crippen molar-refractivity contribution < 1.29 is 4.74 Å². The number of ether oxygens (including phenoxy) is 1. The lowest BCUT2D eigenvalue weighted by atomic mass is 9.86. The number of rotatable bonds is 6. The molecule has 1 fully saturated rings. The molecule has 114 valence electrons. The standard InChI is InChI=1S/C16H29N3O/c1-5-16(6-2)11-14(8-10-20-16)17-12-15-7-9-19(18-15)13(3)4/h7,9,13-14,17H,5-6,8,10-12H2,1-4H3. The van der Waals surface area contributed by atoms with Crippen molar-refractivity contribution in [2.45, 2.75) is 77.6 Å². The van der Waals surface area contributed by atoms with Crippen molar-refractivity contribution in [3.8, 4) is 0 Å². The Bertz CT molecular complexity index is 410. The molecule has 0 aromatic carbocycles. The normalized spacial score (nSPS) is 22.4. The van der Waals surface area contributed by atoms with Gasteiger partial charge in [0.1, 0.15) is 0 Å². The smallest absolute Gasteiger partial charge is 0.0762 e. The summed E-state index contributed by atoms with van der Waals surface area (Å²) in [6, 6.07) is 3.09. The molecule has 1 atom stereocenters.